The van der Waals surface area contributed by atoms with Crippen LogP contribution in [-0.2, 0) is 0 Å². The van der Waals surface area contributed by atoms with Gasteiger partial charge in [0.05, 0.1) is 5.54 Å². The van der Waals surface area contributed by atoms with Crippen molar-refractivity contribution >= 4 is 6.03 Å². The lowest BCUT2D eigenvalue weighted by molar-refractivity contribution is 0.214. The Kier molecular flexibility index (Phi) is 3.38. The Morgan fingerprint density at radius 2 is 2.06 bits per heavy atom. The Labute approximate surface area is 97.8 Å². The number of hydrogen-bond acceptors (Lipinski definition) is 2. The summed E-state index contributed by atoms with van der Waals surface area (Å²) in [7, 11) is 0. The highest BCUT2D eigenvalue weighted by Gasteiger charge is 2.42. The van der Waals surface area contributed by atoms with E-state index in [0.717, 1.165) is 45.4 Å². The number of carbonyl (C=O) groups excluding carboxylic acids is 1. The van der Waals surface area contributed by atoms with E-state index in [2.05, 4.69) is 24.5 Å². The maximum atomic E-state index is 11.9. The molecule has 1 spiro atoms. The van der Waals surface area contributed by atoms with E-state index in [1.165, 1.54) is 0 Å². The van der Waals surface area contributed by atoms with Gasteiger partial charge in [0, 0.05) is 13.1 Å². The summed E-state index contributed by atoms with van der Waals surface area (Å²) < 4.78 is 0. The van der Waals surface area contributed by atoms with Crippen molar-refractivity contribution in [2.24, 2.45) is 5.92 Å². The van der Waals surface area contributed by atoms with E-state index >= 15 is 0 Å². The standard InChI is InChI=1S/C12H23N3O/c1-10(2)3-8-15-9-12(14-11(15)16)4-6-13-7-5-12/h10,13H,3-9H2,1-2H3,(H,14,16). The highest BCUT2D eigenvalue weighted by molar-refractivity contribution is 5.78. The molecule has 0 bridgehead atoms. The van der Waals surface area contributed by atoms with Gasteiger partial charge in [-0.25, -0.2) is 4.79 Å². The van der Waals surface area contributed by atoms with Crippen LogP contribution in [0.15, 0.2) is 0 Å². The number of nitrogens with zero attached hydrogens (tertiary/aromatic N) is 1. The van der Waals surface area contributed by atoms with Gasteiger partial charge in [-0.2, -0.15) is 0 Å². The van der Waals surface area contributed by atoms with Crippen molar-refractivity contribution in [3.05, 3.63) is 0 Å². The molecule has 92 valence electrons. The van der Waals surface area contributed by atoms with Crippen LogP contribution in [0, 0.1) is 5.92 Å². The molecule has 4 heteroatoms. The SMILES string of the molecule is CC(C)CCN1CC2(CCNCC2)NC1=O. The van der Waals surface area contributed by atoms with Crippen LogP contribution < -0.4 is 10.6 Å². The molecule has 2 N–H and O–H groups in total. The van der Waals surface area contributed by atoms with E-state index < -0.39 is 0 Å². The molecular formula is C12H23N3O. The third kappa shape index (κ3) is 2.48. The minimum Gasteiger partial charge on any atom is -0.331 e. The summed E-state index contributed by atoms with van der Waals surface area (Å²) in [4.78, 5) is 13.8. The molecule has 0 saturated carbocycles. The van der Waals surface area contributed by atoms with Gasteiger partial charge in [0.1, 0.15) is 0 Å². The van der Waals surface area contributed by atoms with Crippen molar-refractivity contribution in [2.75, 3.05) is 26.2 Å². The van der Waals surface area contributed by atoms with Crippen molar-refractivity contribution in [3.8, 4) is 0 Å². The molecule has 0 atom stereocenters. The summed E-state index contributed by atoms with van der Waals surface area (Å²) in [5.41, 5.74) is 0.0688. The molecule has 0 aromatic carbocycles. The van der Waals surface area contributed by atoms with Gasteiger partial charge in [0.15, 0.2) is 0 Å². The zero-order valence-electron chi connectivity index (χ0n) is 10.4. The Morgan fingerprint density at radius 3 is 2.69 bits per heavy atom. The molecule has 16 heavy (non-hydrogen) atoms. The van der Waals surface area contributed by atoms with Gasteiger partial charge in [-0.15, -0.1) is 0 Å². The van der Waals surface area contributed by atoms with Gasteiger partial charge in [-0.1, -0.05) is 13.8 Å². The fraction of sp³-hybridized carbons (Fsp3) is 0.917. The maximum absolute atomic E-state index is 11.9. The number of carbonyl (C=O) groups is 1. The molecule has 2 aliphatic heterocycles. The summed E-state index contributed by atoms with van der Waals surface area (Å²) in [6.45, 7) is 8.26. The highest BCUT2D eigenvalue weighted by atomic mass is 16.2. The van der Waals surface area contributed by atoms with Gasteiger partial charge in [-0.3, -0.25) is 0 Å². The average molecular weight is 225 g/mol. The normalized spacial score (nSPS) is 24.2. The van der Waals surface area contributed by atoms with Crippen LogP contribution in [0.25, 0.3) is 0 Å². The lowest BCUT2D eigenvalue weighted by Crippen LogP contribution is -2.51. The maximum Gasteiger partial charge on any atom is 0.317 e. The first-order valence-electron chi connectivity index (χ1n) is 6.39. The summed E-state index contributed by atoms with van der Waals surface area (Å²) in [6, 6.07) is 0.141. The lowest BCUT2D eigenvalue weighted by atomic mass is 9.89. The summed E-state index contributed by atoms with van der Waals surface area (Å²) >= 11 is 0. The smallest absolute Gasteiger partial charge is 0.317 e. The summed E-state index contributed by atoms with van der Waals surface area (Å²) in [5, 5.41) is 6.54. The van der Waals surface area contributed by atoms with Crippen LogP contribution in [0.4, 0.5) is 4.79 Å². The molecule has 2 heterocycles. The minimum absolute atomic E-state index is 0.0688. The Bertz CT molecular complexity index is 259. The highest BCUT2D eigenvalue weighted by Crippen LogP contribution is 2.25. The predicted molar refractivity (Wildman–Crippen MR) is 64.4 cm³/mol. The zero-order valence-corrected chi connectivity index (χ0v) is 10.4. The van der Waals surface area contributed by atoms with Crippen LogP contribution >= 0.6 is 0 Å². The van der Waals surface area contributed by atoms with Gasteiger partial charge in [0.25, 0.3) is 0 Å². The quantitative estimate of drug-likeness (QED) is 0.757. The van der Waals surface area contributed by atoms with Crippen molar-refractivity contribution < 1.29 is 4.79 Å². The van der Waals surface area contributed by atoms with E-state index in [-0.39, 0.29) is 11.6 Å². The van der Waals surface area contributed by atoms with Crippen molar-refractivity contribution in [1.29, 1.82) is 0 Å². The second-order valence-electron chi connectivity index (χ2n) is 5.56. The molecule has 0 aliphatic carbocycles. The average Bonchev–Trinajstić information content (AvgIpc) is 2.53. The van der Waals surface area contributed by atoms with Crippen LogP contribution in [0.3, 0.4) is 0 Å². The monoisotopic (exact) mass is 225 g/mol. The Balaban J connectivity index is 1.90. The number of nitrogens with one attached hydrogen (secondary N) is 2. The van der Waals surface area contributed by atoms with Gasteiger partial charge < -0.3 is 15.5 Å². The largest absolute Gasteiger partial charge is 0.331 e. The molecule has 2 fully saturated rings. The third-order valence-corrected chi connectivity index (χ3v) is 3.69. The van der Waals surface area contributed by atoms with Crippen molar-refractivity contribution in [1.82, 2.24) is 15.5 Å². The molecule has 0 unspecified atom stereocenters. The number of piperidine rings is 1. The second-order valence-corrected chi connectivity index (χ2v) is 5.56. The van der Waals surface area contributed by atoms with Gasteiger partial charge in [0.2, 0.25) is 0 Å². The molecule has 2 saturated heterocycles. The number of amides is 2. The van der Waals surface area contributed by atoms with Crippen LogP contribution in [-0.4, -0.2) is 42.6 Å². The molecule has 2 rings (SSSR count). The molecule has 0 radical (unpaired) electrons. The summed E-state index contributed by atoms with van der Waals surface area (Å²) in [5.74, 6) is 0.664. The molecule has 2 aliphatic rings. The number of rotatable bonds is 3. The lowest BCUT2D eigenvalue weighted by Gasteiger charge is -2.33. The van der Waals surface area contributed by atoms with Crippen molar-refractivity contribution in [2.45, 2.75) is 38.6 Å². The number of urea groups is 1. The number of hydrogen-bond donors (Lipinski definition) is 2. The Morgan fingerprint density at radius 1 is 1.38 bits per heavy atom. The molecule has 2 amide bonds. The molecule has 0 aromatic heterocycles. The van der Waals surface area contributed by atoms with Crippen LogP contribution in [0.5, 0.6) is 0 Å². The van der Waals surface area contributed by atoms with E-state index in [9.17, 15) is 4.79 Å². The second kappa shape index (κ2) is 4.62. The Hall–Kier alpha value is -0.770. The minimum atomic E-state index is 0.0688. The fourth-order valence-electron chi connectivity index (χ4n) is 2.57. The van der Waals surface area contributed by atoms with E-state index in [4.69, 9.17) is 0 Å². The molecule has 4 nitrogen and oxygen atoms in total. The summed E-state index contributed by atoms with van der Waals surface area (Å²) in [6.07, 6.45) is 3.23. The topological polar surface area (TPSA) is 44.4 Å². The zero-order chi connectivity index (χ0) is 11.6. The van der Waals surface area contributed by atoms with Crippen LogP contribution in [0.1, 0.15) is 33.1 Å². The van der Waals surface area contributed by atoms with Crippen molar-refractivity contribution in [3.63, 3.8) is 0 Å². The molecular weight excluding hydrogens is 202 g/mol. The van der Waals surface area contributed by atoms with Gasteiger partial charge in [-0.05, 0) is 38.3 Å². The van der Waals surface area contributed by atoms with E-state index in [0.29, 0.717) is 5.92 Å². The fourth-order valence-corrected chi connectivity index (χ4v) is 2.57. The van der Waals surface area contributed by atoms with Crippen LogP contribution in [0.2, 0.25) is 0 Å². The first-order chi connectivity index (χ1) is 7.61. The first kappa shape index (κ1) is 11.7. The first-order valence-corrected chi connectivity index (χ1v) is 6.39. The van der Waals surface area contributed by atoms with E-state index in [1.807, 2.05) is 4.90 Å². The third-order valence-electron chi connectivity index (χ3n) is 3.69. The van der Waals surface area contributed by atoms with E-state index in [1.54, 1.807) is 0 Å². The predicted octanol–water partition coefficient (Wildman–Crippen LogP) is 1.18. The molecule has 0 aromatic rings. The van der Waals surface area contributed by atoms with Gasteiger partial charge >= 0.3 is 6.03 Å².